The van der Waals surface area contributed by atoms with E-state index in [-0.39, 0.29) is 5.02 Å². The smallest absolute Gasteiger partial charge is 0.201 e. The van der Waals surface area contributed by atoms with E-state index >= 15 is 0 Å². The van der Waals surface area contributed by atoms with Crippen LogP contribution in [-0.4, -0.2) is 14.5 Å². The van der Waals surface area contributed by atoms with Crippen molar-refractivity contribution in [2.75, 3.05) is 5.73 Å². The summed E-state index contributed by atoms with van der Waals surface area (Å²) in [6.07, 6.45) is 1.79. The maximum Gasteiger partial charge on any atom is 0.201 e. The van der Waals surface area contributed by atoms with Crippen molar-refractivity contribution in [3.63, 3.8) is 0 Å². The van der Waals surface area contributed by atoms with E-state index in [1.807, 2.05) is 6.92 Å². The number of rotatable bonds is 2. The zero-order chi connectivity index (χ0) is 13.6. The molecule has 2 heterocycles. The minimum absolute atomic E-state index is 0.0470. The van der Waals surface area contributed by atoms with Crippen LogP contribution in [0.3, 0.4) is 0 Å². The Hall–Kier alpha value is -1.66. The maximum absolute atomic E-state index is 13.6. The fraction of sp³-hybridized carbons (Fsp3) is 0.167. The van der Waals surface area contributed by atoms with Crippen LogP contribution in [0.5, 0.6) is 0 Å². The third-order valence-corrected chi connectivity index (χ3v) is 3.99. The first-order valence-electron chi connectivity index (χ1n) is 5.56. The van der Waals surface area contributed by atoms with Crippen molar-refractivity contribution in [3.05, 3.63) is 39.1 Å². The van der Waals surface area contributed by atoms with Crippen LogP contribution >= 0.6 is 22.9 Å². The van der Waals surface area contributed by atoms with Gasteiger partial charge in [0.1, 0.15) is 5.82 Å². The average Bonchev–Trinajstić information content (AvgIpc) is 2.87. The van der Waals surface area contributed by atoms with Crippen molar-refractivity contribution < 1.29 is 4.39 Å². The van der Waals surface area contributed by atoms with Crippen LogP contribution in [0.25, 0.3) is 11.0 Å². The molecule has 0 radical (unpaired) electrons. The maximum atomic E-state index is 13.6. The lowest BCUT2D eigenvalue weighted by molar-refractivity contribution is 0.629. The molecule has 0 saturated carbocycles. The highest BCUT2D eigenvalue weighted by Gasteiger charge is 2.13. The first-order chi connectivity index (χ1) is 9.04. The van der Waals surface area contributed by atoms with Gasteiger partial charge in [0, 0.05) is 17.1 Å². The van der Waals surface area contributed by atoms with Crippen LogP contribution in [0.2, 0.25) is 5.02 Å². The summed E-state index contributed by atoms with van der Waals surface area (Å²) in [5, 5.41) is 1.03. The lowest BCUT2D eigenvalue weighted by Crippen LogP contribution is -2.03. The molecule has 3 aromatic rings. The highest BCUT2D eigenvalue weighted by atomic mass is 35.5. The summed E-state index contributed by atoms with van der Waals surface area (Å²) in [4.78, 5) is 9.42. The zero-order valence-corrected chi connectivity index (χ0v) is 11.6. The molecule has 0 bridgehead atoms. The summed E-state index contributed by atoms with van der Waals surface area (Å²) in [6.45, 7) is 2.46. The van der Waals surface area contributed by atoms with Crippen LogP contribution in [0.4, 0.5) is 10.3 Å². The summed E-state index contributed by atoms with van der Waals surface area (Å²) in [5.74, 6) is -0.140. The summed E-state index contributed by atoms with van der Waals surface area (Å²) < 4.78 is 15.3. The van der Waals surface area contributed by atoms with E-state index in [9.17, 15) is 4.39 Å². The van der Waals surface area contributed by atoms with Gasteiger partial charge in [-0.15, -0.1) is 11.3 Å². The van der Waals surface area contributed by atoms with E-state index in [0.29, 0.717) is 23.5 Å². The van der Waals surface area contributed by atoms with E-state index in [1.54, 1.807) is 22.1 Å². The molecule has 2 aromatic heterocycles. The first-order valence-corrected chi connectivity index (χ1v) is 6.76. The van der Waals surface area contributed by atoms with Crippen molar-refractivity contribution in [2.24, 2.45) is 0 Å². The minimum Gasteiger partial charge on any atom is -0.369 e. The number of aryl methyl sites for hydroxylation is 1. The Morgan fingerprint density at radius 1 is 1.47 bits per heavy atom. The molecular weight excluding hydrogens is 287 g/mol. The lowest BCUT2D eigenvalue weighted by atomic mass is 10.3. The topological polar surface area (TPSA) is 56.7 Å². The molecule has 0 amide bonds. The molecule has 0 atom stereocenters. The number of imidazole rings is 1. The third-order valence-electron chi connectivity index (χ3n) is 2.80. The highest BCUT2D eigenvalue weighted by molar-refractivity contribution is 7.11. The van der Waals surface area contributed by atoms with E-state index < -0.39 is 5.82 Å². The van der Waals surface area contributed by atoms with Crippen LogP contribution in [0, 0.1) is 12.7 Å². The number of nitrogens with two attached hydrogens (primary N) is 1. The molecule has 0 saturated heterocycles. The van der Waals surface area contributed by atoms with Gasteiger partial charge in [-0.3, -0.25) is 0 Å². The Kier molecular flexibility index (Phi) is 2.91. The summed E-state index contributed by atoms with van der Waals surface area (Å²) in [7, 11) is 0. The van der Waals surface area contributed by atoms with Gasteiger partial charge in [-0.25, -0.2) is 14.4 Å². The van der Waals surface area contributed by atoms with Gasteiger partial charge in [-0.1, -0.05) is 11.6 Å². The molecular formula is C12H10ClFN4S. The second-order valence-electron chi connectivity index (χ2n) is 4.16. The molecule has 0 unspecified atom stereocenters. The molecule has 7 heteroatoms. The number of hydrogen-bond donors (Lipinski definition) is 1. The van der Waals surface area contributed by atoms with Crippen molar-refractivity contribution in [1.29, 1.82) is 0 Å². The predicted molar refractivity (Wildman–Crippen MR) is 75.1 cm³/mol. The second-order valence-corrected chi connectivity index (χ2v) is 5.88. The number of nitrogen functional groups attached to an aromatic ring is 1. The number of anilines is 1. The molecule has 0 aliphatic heterocycles. The number of aromatic nitrogens is 3. The van der Waals surface area contributed by atoms with E-state index in [0.717, 1.165) is 9.88 Å². The normalized spacial score (nSPS) is 11.3. The number of nitrogens with zero attached hydrogens (tertiary/aromatic N) is 3. The molecule has 4 nitrogen and oxygen atoms in total. The van der Waals surface area contributed by atoms with E-state index in [2.05, 4.69) is 9.97 Å². The molecule has 0 spiro atoms. The van der Waals surface area contributed by atoms with E-state index in [1.165, 1.54) is 12.1 Å². The van der Waals surface area contributed by atoms with E-state index in [4.69, 9.17) is 17.3 Å². The van der Waals surface area contributed by atoms with Gasteiger partial charge in [0.15, 0.2) is 0 Å². The second kappa shape index (κ2) is 4.47. The van der Waals surface area contributed by atoms with Gasteiger partial charge < -0.3 is 10.3 Å². The van der Waals surface area contributed by atoms with Gasteiger partial charge in [-0.2, -0.15) is 0 Å². The van der Waals surface area contributed by atoms with Crippen molar-refractivity contribution in [2.45, 2.75) is 13.5 Å². The number of fused-ring (bicyclic) bond motifs is 1. The fourth-order valence-corrected chi connectivity index (χ4v) is 2.88. The number of benzene rings is 1. The predicted octanol–water partition coefficient (Wildman–Crippen LogP) is 3.22. The van der Waals surface area contributed by atoms with Crippen LogP contribution in [-0.2, 0) is 6.54 Å². The molecule has 2 N–H and O–H groups in total. The molecule has 0 fully saturated rings. The average molecular weight is 297 g/mol. The van der Waals surface area contributed by atoms with Gasteiger partial charge in [0.05, 0.1) is 27.6 Å². The molecule has 1 aromatic carbocycles. The summed E-state index contributed by atoms with van der Waals surface area (Å²) in [6, 6.07) is 2.84. The molecule has 0 aliphatic rings. The zero-order valence-electron chi connectivity index (χ0n) is 10.0. The third kappa shape index (κ3) is 2.17. The molecule has 19 heavy (non-hydrogen) atoms. The molecule has 98 valence electrons. The SMILES string of the molecule is Cc1ncc(Cn2c(N)nc3cc(Cl)c(F)cc32)s1. The Labute approximate surface area is 117 Å². The standard InChI is InChI=1S/C12H10ClFN4S/c1-6-16-4-7(19-6)5-18-11-3-9(14)8(13)2-10(11)17-12(18)15/h2-4H,5H2,1H3,(H2,15,17). The van der Waals surface area contributed by atoms with Crippen LogP contribution in [0.15, 0.2) is 18.3 Å². The quantitative estimate of drug-likeness (QED) is 0.790. The number of hydrogen-bond acceptors (Lipinski definition) is 4. The largest absolute Gasteiger partial charge is 0.369 e. The van der Waals surface area contributed by atoms with Crippen molar-refractivity contribution in [1.82, 2.24) is 14.5 Å². The molecule has 0 aliphatic carbocycles. The molecule has 3 rings (SSSR count). The Morgan fingerprint density at radius 2 is 2.26 bits per heavy atom. The van der Waals surface area contributed by atoms with Crippen molar-refractivity contribution in [3.8, 4) is 0 Å². The van der Waals surface area contributed by atoms with Gasteiger partial charge in [-0.05, 0) is 13.0 Å². The van der Waals surface area contributed by atoms with Crippen LogP contribution in [0.1, 0.15) is 9.88 Å². The first kappa shape index (κ1) is 12.4. The summed E-state index contributed by atoms with van der Waals surface area (Å²) >= 11 is 7.32. The monoisotopic (exact) mass is 296 g/mol. The highest BCUT2D eigenvalue weighted by Crippen LogP contribution is 2.26. The fourth-order valence-electron chi connectivity index (χ4n) is 1.94. The lowest BCUT2D eigenvalue weighted by Gasteiger charge is -2.04. The number of halogens is 2. The summed E-state index contributed by atoms with van der Waals surface area (Å²) in [5.41, 5.74) is 7.10. The minimum atomic E-state index is -0.476. The Bertz CT molecular complexity index is 765. The number of thiazole rings is 1. The van der Waals surface area contributed by atoms with Gasteiger partial charge in [0.2, 0.25) is 5.95 Å². The Balaban J connectivity index is 2.12. The van der Waals surface area contributed by atoms with Gasteiger partial charge >= 0.3 is 0 Å². The Morgan fingerprint density at radius 3 is 2.95 bits per heavy atom. The van der Waals surface area contributed by atoms with Gasteiger partial charge in [0.25, 0.3) is 0 Å². The van der Waals surface area contributed by atoms with Crippen molar-refractivity contribution >= 4 is 39.9 Å². The van der Waals surface area contributed by atoms with Crippen LogP contribution < -0.4 is 5.73 Å².